The third-order valence-corrected chi connectivity index (χ3v) is 4.44. The number of rotatable bonds is 7. The Kier molecular flexibility index (Phi) is 6.54. The van der Waals surface area contributed by atoms with Crippen LogP contribution in [0.4, 0.5) is 0 Å². The van der Waals surface area contributed by atoms with Crippen LogP contribution in [0.5, 0.6) is 0 Å². The predicted octanol–water partition coefficient (Wildman–Crippen LogP) is 3.49. The van der Waals surface area contributed by atoms with Gasteiger partial charge in [0.15, 0.2) is 0 Å². The molecule has 0 aliphatic carbocycles. The molecule has 1 N–H and O–H groups in total. The van der Waals surface area contributed by atoms with Crippen LogP contribution in [0, 0.1) is 5.92 Å². The molecule has 0 bridgehead atoms. The Bertz CT molecular complexity index is 770. The lowest BCUT2D eigenvalue weighted by Gasteiger charge is -2.15. The van der Waals surface area contributed by atoms with Crippen molar-refractivity contribution in [2.45, 2.75) is 52.6 Å². The zero-order valence-corrected chi connectivity index (χ0v) is 16.0. The molecule has 130 valence electrons. The van der Waals surface area contributed by atoms with Crippen LogP contribution in [0.1, 0.15) is 40.0 Å². The molecule has 1 aromatic carbocycles. The summed E-state index contributed by atoms with van der Waals surface area (Å²) in [5, 5.41) is 3.54. The molecule has 0 spiro atoms. The Morgan fingerprint density at radius 3 is 2.75 bits per heavy atom. The Morgan fingerprint density at radius 2 is 2.04 bits per heavy atom. The van der Waals surface area contributed by atoms with E-state index in [4.69, 9.17) is 0 Å². The van der Waals surface area contributed by atoms with Crippen molar-refractivity contribution >= 4 is 32.7 Å². The van der Waals surface area contributed by atoms with Gasteiger partial charge in [-0.3, -0.25) is 14.2 Å². The average molecular weight is 394 g/mol. The second-order valence-corrected chi connectivity index (χ2v) is 7.51. The second kappa shape index (κ2) is 8.42. The Hall–Kier alpha value is -1.69. The van der Waals surface area contributed by atoms with Gasteiger partial charge in [0.1, 0.15) is 0 Å². The summed E-state index contributed by atoms with van der Waals surface area (Å²) < 4.78 is 2.33. The minimum Gasteiger partial charge on any atom is -0.354 e. The number of carbonyl (C=O) groups is 1. The van der Waals surface area contributed by atoms with Gasteiger partial charge < -0.3 is 5.32 Å². The van der Waals surface area contributed by atoms with Gasteiger partial charge in [0.2, 0.25) is 5.91 Å². The molecule has 0 aliphatic rings. The number of fused-ring (bicyclic) bond motifs is 1. The van der Waals surface area contributed by atoms with Crippen LogP contribution < -0.4 is 10.9 Å². The zero-order chi connectivity index (χ0) is 17.7. The summed E-state index contributed by atoms with van der Waals surface area (Å²) >= 11 is 3.37. The highest BCUT2D eigenvalue weighted by molar-refractivity contribution is 9.10. The molecule has 1 amide bonds. The molecule has 1 aromatic heterocycles. The number of nitrogens with one attached hydrogen (secondary N) is 1. The molecule has 1 heterocycles. The smallest absolute Gasteiger partial charge is 0.261 e. The monoisotopic (exact) mass is 393 g/mol. The van der Waals surface area contributed by atoms with Crippen LogP contribution in [0.3, 0.4) is 0 Å². The molecule has 5 nitrogen and oxygen atoms in total. The number of amides is 1. The van der Waals surface area contributed by atoms with Crippen LogP contribution in [-0.2, 0) is 11.3 Å². The van der Waals surface area contributed by atoms with E-state index in [1.807, 2.05) is 13.0 Å². The Morgan fingerprint density at radius 1 is 1.29 bits per heavy atom. The molecule has 0 saturated heterocycles. The van der Waals surface area contributed by atoms with Crippen molar-refractivity contribution in [3.63, 3.8) is 0 Å². The van der Waals surface area contributed by atoms with Crippen molar-refractivity contribution in [3.05, 3.63) is 39.4 Å². The molecule has 6 heteroatoms. The van der Waals surface area contributed by atoms with Gasteiger partial charge >= 0.3 is 0 Å². The fraction of sp³-hybridized carbons (Fsp3) is 0.500. The molecule has 0 saturated carbocycles. The van der Waals surface area contributed by atoms with Crippen molar-refractivity contribution < 1.29 is 4.79 Å². The van der Waals surface area contributed by atoms with Gasteiger partial charge in [-0.25, -0.2) is 4.98 Å². The second-order valence-electron chi connectivity index (χ2n) is 6.59. The van der Waals surface area contributed by atoms with E-state index in [0.717, 1.165) is 17.3 Å². The van der Waals surface area contributed by atoms with E-state index in [-0.39, 0.29) is 23.9 Å². The van der Waals surface area contributed by atoms with E-state index < -0.39 is 0 Å². The van der Waals surface area contributed by atoms with Crippen molar-refractivity contribution in [1.82, 2.24) is 14.9 Å². The largest absolute Gasteiger partial charge is 0.354 e. The predicted molar refractivity (Wildman–Crippen MR) is 100.0 cm³/mol. The van der Waals surface area contributed by atoms with Crippen LogP contribution in [-0.4, -0.2) is 21.5 Å². The van der Waals surface area contributed by atoms with Crippen LogP contribution >= 0.6 is 15.9 Å². The standard InChI is InChI=1S/C18H24BrN3O2/c1-12(2)4-5-13(3)21-17(23)8-9-22-11-20-16-7-6-14(19)10-15(16)18(22)24/h6-7,10-13H,4-5,8-9H2,1-3H3,(H,21,23). The lowest BCUT2D eigenvalue weighted by Crippen LogP contribution is -2.34. The van der Waals surface area contributed by atoms with Gasteiger partial charge in [0, 0.05) is 23.5 Å². The third kappa shape index (κ3) is 5.16. The number of hydrogen-bond donors (Lipinski definition) is 1. The normalized spacial score (nSPS) is 12.5. The lowest BCUT2D eigenvalue weighted by atomic mass is 10.0. The number of aromatic nitrogens is 2. The fourth-order valence-electron chi connectivity index (χ4n) is 2.51. The first-order valence-electron chi connectivity index (χ1n) is 8.31. The number of benzene rings is 1. The molecule has 24 heavy (non-hydrogen) atoms. The van der Waals surface area contributed by atoms with Crippen molar-refractivity contribution in [3.8, 4) is 0 Å². The molecule has 0 radical (unpaired) electrons. The van der Waals surface area contributed by atoms with Crippen molar-refractivity contribution in [2.24, 2.45) is 5.92 Å². The molecular formula is C18H24BrN3O2. The van der Waals surface area contributed by atoms with E-state index >= 15 is 0 Å². The van der Waals surface area contributed by atoms with E-state index in [0.29, 0.717) is 23.4 Å². The van der Waals surface area contributed by atoms with Crippen LogP contribution in [0.15, 0.2) is 33.8 Å². The maximum atomic E-state index is 12.5. The zero-order valence-electron chi connectivity index (χ0n) is 14.4. The summed E-state index contributed by atoms with van der Waals surface area (Å²) in [4.78, 5) is 28.8. The van der Waals surface area contributed by atoms with Gasteiger partial charge in [-0.1, -0.05) is 29.8 Å². The first-order valence-corrected chi connectivity index (χ1v) is 9.10. The van der Waals surface area contributed by atoms with Crippen LogP contribution in [0.2, 0.25) is 0 Å². The fourth-order valence-corrected chi connectivity index (χ4v) is 2.88. The van der Waals surface area contributed by atoms with Crippen molar-refractivity contribution in [1.29, 1.82) is 0 Å². The quantitative estimate of drug-likeness (QED) is 0.782. The first-order chi connectivity index (χ1) is 11.4. The summed E-state index contributed by atoms with van der Waals surface area (Å²) in [6.45, 7) is 6.69. The van der Waals surface area contributed by atoms with Gasteiger partial charge in [-0.15, -0.1) is 0 Å². The number of hydrogen-bond acceptors (Lipinski definition) is 3. The van der Waals surface area contributed by atoms with Crippen molar-refractivity contribution in [2.75, 3.05) is 0 Å². The molecule has 2 aromatic rings. The van der Waals surface area contributed by atoms with Gasteiger partial charge in [-0.05, 0) is 43.9 Å². The lowest BCUT2D eigenvalue weighted by molar-refractivity contribution is -0.122. The minimum absolute atomic E-state index is 0.0347. The molecule has 2 rings (SSSR count). The molecular weight excluding hydrogens is 370 g/mol. The van der Waals surface area contributed by atoms with E-state index in [2.05, 4.69) is 40.1 Å². The first kappa shape index (κ1) is 18.6. The summed E-state index contributed by atoms with van der Waals surface area (Å²) in [5.41, 5.74) is 0.535. The maximum Gasteiger partial charge on any atom is 0.261 e. The molecule has 1 atom stereocenters. The van der Waals surface area contributed by atoms with E-state index in [1.165, 1.54) is 10.9 Å². The highest BCUT2D eigenvalue weighted by atomic mass is 79.9. The third-order valence-electron chi connectivity index (χ3n) is 3.95. The summed E-state index contributed by atoms with van der Waals surface area (Å²) in [6.07, 6.45) is 3.83. The molecule has 1 unspecified atom stereocenters. The molecule has 0 fully saturated rings. The van der Waals surface area contributed by atoms with E-state index in [9.17, 15) is 9.59 Å². The van der Waals surface area contributed by atoms with Gasteiger partial charge in [0.25, 0.3) is 5.56 Å². The SMILES string of the molecule is CC(C)CCC(C)NC(=O)CCn1cnc2ccc(Br)cc2c1=O. The topological polar surface area (TPSA) is 64.0 Å². The average Bonchev–Trinajstić information content (AvgIpc) is 2.53. The summed E-state index contributed by atoms with van der Waals surface area (Å²) in [5.74, 6) is 0.596. The van der Waals surface area contributed by atoms with Gasteiger partial charge in [-0.2, -0.15) is 0 Å². The summed E-state index contributed by atoms with van der Waals surface area (Å²) in [7, 11) is 0. The number of nitrogens with zero attached hydrogens (tertiary/aromatic N) is 2. The summed E-state index contributed by atoms with van der Waals surface area (Å²) in [6, 6.07) is 5.57. The number of carbonyl (C=O) groups excluding carboxylic acids is 1. The highest BCUT2D eigenvalue weighted by Gasteiger charge is 2.10. The Balaban J connectivity index is 1.97. The van der Waals surface area contributed by atoms with Crippen LogP contribution in [0.25, 0.3) is 10.9 Å². The highest BCUT2D eigenvalue weighted by Crippen LogP contribution is 2.14. The Labute approximate surface area is 150 Å². The number of aryl methyl sites for hydroxylation is 1. The number of halogens is 1. The van der Waals surface area contributed by atoms with Gasteiger partial charge in [0.05, 0.1) is 17.2 Å². The maximum absolute atomic E-state index is 12.5. The van der Waals surface area contributed by atoms with E-state index in [1.54, 1.807) is 12.1 Å². The minimum atomic E-state index is -0.123. The molecule has 0 aliphatic heterocycles.